The Morgan fingerprint density at radius 2 is 2.07 bits per heavy atom. The molecule has 0 fully saturated rings. The highest BCUT2D eigenvalue weighted by atomic mass is 16.5. The maximum Gasteiger partial charge on any atom is 0.0742 e. The molecule has 2 nitrogen and oxygen atoms in total. The highest BCUT2D eigenvalue weighted by Crippen LogP contribution is 2.17. The van der Waals surface area contributed by atoms with Crippen LogP contribution >= 0.6 is 0 Å². The van der Waals surface area contributed by atoms with E-state index in [9.17, 15) is 0 Å². The van der Waals surface area contributed by atoms with Crippen molar-refractivity contribution in [3.05, 3.63) is 11.6 Å². The molecular formula is C12H25NO. The molecule has 0 spiro atoms. The molecule has 1 N–H and O–H groups in total. The fourth-order valence-electron chi connectivity index (χ4n) is 1.71. The second-order valence-corrected chi connectivity index (χ2v) is 3.21. The monoisotopic (exact) mass is 199 g/mol. The van der Waals surface area contributed by atoms with Gasteiger partial charge in [0.2, 0.25) is 0 Å². The summed E-state index contributed by atoms with van der Waals surface area (Å²) in [4.78, 5) is 0. The Balaban J connectivity index is 0.000000791. The zero-order valence-electron chi connectivity index (χ0n) is 10.3. The molecule has 0 saturated heterocycles. The lowest BCUT2D eigenvalue weighted by Crippen LogP contribution is -2.43. The first kappa shape index (κ1) is 13.7. The minimum Gasteiger partial charge on any atom is -0.372 e. The standard InChI is InChI=1S/C10H19NO.C2H6/c1-4-9-6-7-12-8(3)10(9)11-5-2;1-2/h6,8,10-11H,4-5,7H2,1-3H3;1-2H3/t8-,10+;/m0./s1. The largest absolute Gasteiger partial charge is 0.372 e. The number of hydrogen-bond acceptors (Lipinski definition) is 2. The van der Waals surface area contributed by atoms with Crippen LogP contribution in [0.1, 0.15) is 41.0 Å². The van der Waals surface area contributed by atoms with Gasteiger partial charge in [0.1, 0.15) is 0 Å². The lowest BCUT2D eigenvalue weighted by molar-refractivity contribution is 0.0550. The minimum atomic E-state index is 0.324. The molecule has 0 aromatic heterocycles. The van der Waals surface area contributed by atoms with Crippen molar-refractivity contribution in [3.8, 4) is 0 Å². The van der Waals surface area contributed by atoms with Crippen molar-refractivity contribution in [1.82, 2.24) is 5.32 Å². The van der Waals surface area contributed by atoms with Crippen LogP contribution in [0.25, 0.3) is 0 Å². The van der Waals surface area contributed by atoms with E-state index >= 15 is 0 Å². The summed E-state index contributed by atoms with van der Waals surface area (Å²) in [6.45, 7) is 12.3. The second-order valence-electron chi connectivity index (χ2n) is 3.21. The molecule has 2 heteroatoms. The van der Waals surface area contributed by atoms with Gasteiger partial charge in [0, 0.05) is 0 Å². The van der Waals surface area contributed by atoms with Crippen LogP contribution in [0, 0.1) is 0 Å². The average Bonchev–Trinajstić information content (AvgIpc) is 2.24. The summed E-state index contributed by atoms with van der Waals surface area (Å²) in [5, 5.41) is 3.44. The van der Waals surface area contributed by atoms with Crippen molar-refractivity contribution in [1.29, 1.82) is 0 Å². The van der Waals surface area contributed by atoms with Gasteiger partial charge in [0.05, 0.1) is 18.8 Å². The lowest BCUT2D eigenvalue weighted by atomic mass is 9.98. The van der Waals surface area contributed by atoms with Crippen molar-refractivity contribution >= 4 is 0 Å². The van der Waals surface area contributed by atoms with Crippen LogP contribution < -0.4 is 5.32 Å². The van der Waals surface area contributed by atoms with Crippen molar-refractivity contribution in [2.75, 3.05) is 13.2 Å². The quantitative estimate of drug-likeness (QED) is 0.706. The third-order valence-corrected chi connectivity index (χ3v) is 2.41. The van der Waals surface area contributed by atoms with Gasteiger partial charge in [-0.05, 0) is 19.9 Å². The molecule has 0 aromatic carbocycles. The van der Waals surface area contributed by atoms with Crippen LogP contribution in [-0.4, -0.2) is 25.3 Å². The fourth-order valence-corrected chi connectivity index (χ4v) is 1.71. The molecule has 0 saturated carbocycles. The van der Waals surface area contributed by atoms with Crippen LogP contribution in [0.3, 0.4) is 0 Å². The molecule has 84 valence electrons. The van der Waals surface area contributed by atoms with E-state index in [2.05, 4.69) is 32.2 Å². The topological polar surface area (TPSA) is 21.3 Å². The predicted molar refractivity (Wildman–Crippen MR) is 62.6 cm³/mol. The number of ether oxygens (including phenoxy) is 1. The molecule has 1 aliphatic rings. The smallest absolute Gasteiger partial charge is 0.0742 e. The van der Waals surface area contributed by atoms with Gasteiger partial charge in [-0.25, -0.2) is 0 Å². The SMILES string of the molecule is CC.CCN[C@H]1C(CC)=CCO[C@H]1C. The van der Waals surface area contributed by atoms with Gasteiger partial charge in [-0.2, -0.15) is 0 Å². The summed E-state index contributed by atoms with van der Waals surface area (Å²) in [5.74, 6) is 0. The van der Waals surface area contributed by atoms with Crippen LogP contribution in [0.5, 0.6) is 0 Å². The Morgan fingerprint density at radius 1 is 1.43 bits per heavy atom. The van der Waals surface area contributed by atoms with Crippen molar-refractivity contribution in [2.24, 2.45) is 0 Å². The molecule has 1 rings (SSSR count). The van der Waals surface area contributed by atoms with Gasteiger partial charge in [-0.15, -0.1) is 0 Å². The highest BCUT2D eigenvalue weighted by molar-refractivity contribution is 5.15. The summed E-state index contributed by atoms with van der Waals surface area (Å²) in [6.07, 6.45) is 3.66. The first-order chi connectivity index (χ1) is 6.79. The number of rotatable bonds is 3. The summed E-state index contributed by atoms with van der Waals surface area (Å²) in [6, 6.07) is 0.439. The molecule has 0 amide bonds. The molecule has 14 heavy (non-hydrogen) atoms. The molecule has 0 radical (unpaired) electrons. The first-order valence-electron chi connectivity index (χ1n) is 5.83. The van der Waals surface area contributed by atoms with E-state index in [-0.39, 0.29) is 0 Å². The molecule has 0 aliphatic carbocycles. The highest BCUT2D eigenvalue weighted by Gasteiger charge is 2.22. The maximum absolute atomic E-state index is 5.54. The Hall–Kier alpha value is -0.340. The Kier molecular flexibility index (Phi) is 7.81. The van der Waals surface area contributed by atoms with Gasteiger partial charge >= 0.3 is 0 Å². The third kappa shape index (κ3) is 3.81. The van der Waals surface area contributed by atoms with E-state index < -0.39 is 0 Å². The Labute approximate surface area is 88.7 Å². The van der Waals surface area contributed by atoms with E-state index in [4.69, 9.17) is 4.74 Å². The van der Waals surface area contributed by atoms with Crippen LogP contribution in [0.4, 0.5) is 0 Å². The molecule has 0 bridgehead atoms. The number of nitrogens with one attached hydrogen (secondary N) is 1. The third-order valence-electron chi connectivity index (χ3n) is 2.41. The van der Waals surface area contributed by atoms with E-state index in [1.807, 2.05) is 13.8 Å². The van der Waals surface area contributed by atoms with Gasteiger partial charge < -0.3 is 10.1 Å². The molecule has 2 atom stereocenters. The van der Waals surface area contributed by atoms with E-state index in [1.165, 1.54) is 5.57 Å². The zero-order chi connectivity index (χ0) is 11.0. The Bertz CT molecular complexity index is 166. The van der Waals surface area contributed by atoms with E-state index in [0.29, 0.717) is 12.1 Å². The first-order valence-corrected chi connectivity index (χ1v) is 5.83. The van der Waals surface area contributed by atoms with Crippen molar-refractivity contribution in [2.45, 2.75) is 53.2 Å². The predicted octanol–water partition coefficient (Wildman–Crippen LogP) is 2.75. The molecule has 0 unspecified atom stereocenters. The second kappa shape index (κ2) is 8.01. The minimum absolute atomic E-state index is 0.324. The summed E-state index contributed by atoms with van der Waals surface area (Å²) in [7, 11) is 0. The molecule has 1 aliphatic heterocycles. The average molecular weight is 199 g/mol. The van der Waals surface area contributed by atoms with Crippen LogP contribution in [0.2, 0.25) is 0 Å². The lowest BCUT2D eigenvalue weighted by Gasteiger charge is -2.30. The van der Waals surface area contributed by atoms with Gasteiger partial charge in [-0.1, -0.05) is 39.3 Å². The van der Waals surface area contributed by atoms with Gasteiger partial charge in [-0.3, -0.25) is 0 Å². The van der Waals surface area contributed by atoms with Gasteiger partial charge in [0.15, 0.2) is 0 Å². The van der Waals surface area contributed by atoms with Crippen LogP contribution in [0.15, 0.2) is 11.6 Å². The van der Waals surface area contributed by atoms with E-state index in [0.717, 1.165) is 19.6 Å². The number of likely N-dealkylation sites (N-methyl/N-ethyl adjacent to an activating group) is 1. The molecule has 1 heterocycles. The van der Waals surface area contributed by atoms with E-state index in [1.54, 1.807) is 0 Å². The summed E-state index contributed by atoms with van der Waals surface area (Å²) in [5.41, 5.74) is 1.50. The molecule has 0 aromatic rings. The maximum atomic E-state index is 5.54. The van der Waals surface area contributed by atoms with Crippen molar-refractivity contribution in [3.63, 3.8) is 0 Å². The fraction of sp³-hybridized carbons (Fsp3) is 0.833. The summed E-state index contributed by atoms with van der Waals surface area (Å²) < 4.78 is 5.54. The summed E-state index contributed by atoms with van der Waals surface area (Å²) >= 11 is 0. The number of hydrogen-bond donors (Lipinski definition) is 1. The van der Waals surface area contributed by atoms with Gasteiger partial charge in [0.25, 0.3) is 0 Å². The molecular weight excluding hydrogens is 174 g/mol. The zero-order valence-corrected chi connectivity index (χ0v) is 10.3. The Morgan fingerprint density at radius 3 is 2.57 bits per heavy atom. The van der Waals surface area contributed by atoms with Crippen molar-refractivity contribution < 1.29 is 4.74 Å². The van der Waals surface area contributed by atoms with Crippen LogP contribution in [-0.2, 0) is 4.74 Å². The normalized spacial score (nSPS) is 26.2.